The van der Waals surface area contributed by atoms with Crippen molar-refractivity contribution in [3.8, 4) is 11.1 Å². The molecule has 5 heteroatoms. The minimum absolute atomic E-state index is 0.0835. The van der Waals surface area contributed by atoms with E-state index in [-0.39, 0.29) is 11.9 Å². The number of nitrogens with one attached hydrogen (secondary N) is 1. The predicted molar refractivity (Wildman–Crippen MR) is 106 cm³/mol. The summed E-state index contributed by atoms with van der Waals surface area (Å²) < 4.78 is 0. The van der Waals surface area contributed by atoms with E-state index >= 15 is 0 Å². The van der Waals surface area contributed by atoms with Gasteiger partial charge in [0, 0.05) is 30.1 Å². The third-order valence-electron chi connectivity index (χ3n) is 4.22. The highest BCUT2D eigenvalue weighted by Gasteiger charge is 2.13. The first-order chi connectivity index (χ1) is 12.4. The number of anilines is 1. The number of amides is 1. The molecule has 3 N–H and O–H groups in total. The van der Waals surface area contributed by atoms with Gasteiger partial charge in [-0.15, -0.1) is 0 Å². The minimum Gasteiger partial charge on any atom is -0.323 e. The van der Waals surface area contributed by atoms with Crippen LogP contribution in [0.3, 0.4) is 0 Å². The van der Waals surface area contributed by atoms with Crippen LogP contribution in [-0.4, -0.2) is 15.9 Å². The number of hydrogen-bond acceptors (Lipinski definition) is 4. The second-order valence-corrected chi connectivity index (χ2v) is 6.96. The monoisotopic (exact) mass is 348 g/mol. The number of fused-ring (bicyclic) bond motifs is 1. The van der Waals surface area contributed by atoms with E-state index in [9.17, 15) is 4.79 Å². The number of benzene rings is 1. The largest absolute Gasteiger partial charge is 0.323 e. The lowest BCUT2D eigenvalue weighted by atomic mass is 9.99. The van der Waals surface area contributed by atoms with Gasteiger partial charge in [0.2, 0.25) is 5.91 Å². The maximum Gasteiger partial charge on any atom is 0.222 e. The highest BCUT2D eigenvalue weighted by Crippen LogP contribution is 2.30. The molecule has 1 atom stereocenters. The number of aromatic nitrogens is 2. The Kier molecular flexibility index (Phi) is 5.28. The molecule has 0 fully saturated rings. The Morgan fingerprint density at radius 2 is 2.00 bits per heavy atom. The molecule has 0 aliphatic carbocycles. The second-order valence-electron chi connectivity index (χ2n) is 6.96. The molecule has 0 spiro atoms. The smallest absolute Gasteiger partial charge is 0.222 e. The molecule has 3 aromatic rings. The molecule has 0 aliphatic heterocycles. The van der Waals surface area contributed by atoms with Crippen LogP contribution in [0.15, 0.2) is 48.7 Å². The summed E-state index contributed by atoms with van der Waals surface area (Å²) in [6, 6.07) is 13.8. The van der Waals surface area contributed by atoms with Crippen molar-refractivity contribution in [1.29, 1.82) is 0 Å². The fourth-order valence-electron chi connectivity index (χ4n) is 3.08. The van der Waals surface area contributed by atoms with Gasteiger partial charge in [-0.3, -0.25) is 9.78 Å². The fourth-order valence-corrected chi connectivity index (χ4v) is 3.08. The van der Waals surface area contributed by atoms with Crippen molar-refractivity contribution in [1.82, 2.24) is 9.97 Å². The van der Waals surface area contributed by atoms with Crippen LogP contribution in [0.25, 0.3) is 22.0 Å². The van der Waals surface area contributed by atoms with E-state index in [0.29, 0.717) is 11.7 Å². The van der Waals surface area contributed by atoms with E-state index < -0.39 is 0 Å². The molecule has 2 heterocycles. The Labute approximate surface area is 153 Å². The molecule has 0 aliphatic rings. The zero-order valence-corrected chi connectivity index (χ0v) is 15.4. The van der Waals surface area contributed by atoms with Crippen molar-refractivity contribution < 1.29 is 4.79 Å². The molecule has 26 heavy (non-hydrogen) atoms. The lowest BCUT2D eigenvalue weighted by molar-refractivity contribution is -0.114. The van der Waals surface area contributed by atoms with Gasteiger partial charge in [-0.2, -0.15) is 0 Å². The summed E-state index contributed by atoms with van der Waals surface area (Å²) in [6.07, 6.45) is 2.58. The number of nitrogens with zero attached hydrogens (tertiary/aromatic N) is 2. The summed E-state index contributed by atoms with van der Waals surface area (Å²) in [5.41, 5.74) is 10.1. The Balaban J connectivity index is 2.07. The quantitative estimate of drug-likeness (QED) is 0.720. The molecule has 0 saturated heterocycles. The van der Waals surface area contributed by atoms with Crippen LogP contribution >= 0.6 is 0 Å². The first-order valence-corrected chi connectivity index (χ1v) is 8.83. The number of para-hydroxylation sites is 1. The Morgan fingerprint density at radius 3 is 2.73 bits per heavy atom. The maximum atomic E-state index is 11.3. The van der Waals surface area contributed by atoms with Crippen LogP contribution < -0.4 is 11.1 Å². The lowest BCUT2D eigenvalue weighted by Crippen LogP contribution is -2.14. The molecule has 1 aromatic carbocycles. The standard InChI is InChI=1S/C21H24N4O/c1-13(2)11-18(22)19-8-7-15-5-4-6-17(21(15)25-19)16-9-10-23-20(12-16)24-14(3)26/h4-10,12-13,18H,11,22H2,1-3H3,(H,23,24,26). The molecular formula is C21H24N4O. The van der Waals surface area contributed by atoms with Gasteiger partial charge in [0.1, 0.15) is 5.82 Å². The third-order valence-corrected chi connectivity index (χ3v) is 4.22. The number of pyridine rings is 2. The summed E-state index contributed by atoms with van der Waals surface area (Å²) in [7, 11) is 0. The maximum absolute atomic E-state index is 11.3. The van der Waals surface area contributed by atoms with E-state index in [4.69, 9.17) is 10.7 Å². The molecule has 0 radical (unpaired) electrons. The van der Waals surface area contributed by atoms with Crippen molar-refractivity contribution >= 4 is 22.6 Å². The second kappa shape index (κ2) is 7.62. The highest BCUT2D eigenvalue weighted by atomic mass is 16.1. The Bertz CT molecular complexity index is 936. The topological polar surface area (TPSA) is 80.9 Å². The molecular weight excluding hydrogens is 324 g/mol. The summed E-state index contributed by atoms with van der Waals surface area (Å²) in [5.74, 6) is 0.894. The van der Waals surface area contributed by atoms with Gasteiger partial charge in [0.15, 0.2) is 0 Å². The number of carbonyl (C=O) groups excluding carboxylic acids is 1. The molecule has 1 unspecified atom stereocenters. The zero-order valence-electron chi connectivity index (χ0n) is 15.4. The first kappa shape index (κ1) is 18.0. The lowest BCUT2D eigenvalue weighted by Gasteiger charge is -2.15. The summed E-state index contributed by atoms with van der Waals surface area (Å²) >= 11 is 0. The van der Waals surface area contributed by atoms with Crippen LogP contribution in [0.2, 0.25) is 0 Å². The molecule has 0 saturated carbocycles. The zero-order chi connectivity index (χ0) is 18.7. The summed E-state index contributed by atoms with van der Waals surface area (Å²) in [6.45, 7) is 5.79. The molecule has 3 rings (SSSR count). The van der Waals surface area contributed by atoms with E-state index in [1.54, 1.807) is 6.20 Å². The van der Waals surface area contributed by atoms with Crippen molar-refractivity contribution in [3.63, 3.8) is 0 Å². The normalized spacial score (nSPS) is 12.3. The SMILES string of the molecule is CC(=O)Nc1cc(-c2cccc3ccc(C(N)CC(C)C)nc23)ccn1. The van der Waals surface area contributed by atoms with Gasteiger partial charge in [-0.25, -0.2) is 4.98 Å². The van der Waals surface area contributed by atoms with Crippen molar-refractivity contribution in [2.24, 2.45) is 11.7 Å². The molecule has 2 aromatic heterocycles. The predicted octanol–water partition coefficient (Wildman–Crippen LogP) is 4.30. The van der Waals surface area contributed by atoms with Crippen LogP contribution in [0.4, 0.5) is 5.82 Å². The molecule has 5 nitrogen and oxygen atoms in total. The third kappa shape index (κ3) is 4.06. The van der Waals surface area contributed by atoms with Crippen LogP contribution in [0.5, 0.6) is 0 Å². The van der Waals surface area contributed by atoms with Gasteiger partial charge < -0.3 is 11.1 Å². The molecule has 134 valence electrons. The summed E-state index contributed by atoms with van der Waals surface area (Å²) in [5, 5.41) is 3.78. The van der Waals surface area contributed by atoms with Crippen molar-refractivity contribution in [2.45, 2.75) is 33.2 Å². The van der Waals surface area contributed by atoms with Crippen molar-refractivity contribution in [3.05, 3.63) is 54.4 Å². The molecule has 0 bridgehead atoms. The van der Waals surface area contributed by atoms with Gasteiger partial charge >= 0.3 is 0 Å². The van der Waals surface area contributed by atoms with E-state index in [2.05, 4.69) is 30.2 Å². The highest BCUT2D eigenvalue weighted by molar-refractivity contribution is 5.95. The minimum atomic E-state index is -0.146. The average molecular weight is 348 g/mol. The first-order valence-electron chi connectivity index (χ1n) is 8.83. The Hall–Kier alpha value is -2.79. The van der Waals surface area contributed by atoms with E-state index in [1.807, 2.05) is 36.4 Å². The number of hydrogen-bond donors (Lipinski definition) is 2. The molecule has 1 amide bonds. The van der Waals surface area contributed by atoms with Crippen LogP contribution in [0.1, 0.15) is 38.9 Å². The van der Waals surface area contributed by atoms with Crippen LogP contribution in [0, 0.1) is 5.92 Å². The van der Waals surface area contributed by atoms with Gasteiger partial charge in [0.25, 0.3) is 0 Å². The Morgan fingerprint density at radius 1 is 1.19 bits per heavy atom. The fraction of sp³-hybridized carbons (Fsp3) is 0.286. The number of nitrogens with two attached hydrogens (primary N) is 1. The average Bonchev–Trinajstić information content (AvgIpc) is 2.60. The number of rotatable bonds is 5. The van der Waals surface area contributed by atoms with Gasteiger partial charge in [-0.1, -0.05) is 38.1 Å². The van der Waals surface area contributed by atoms with Crippen molar-refractivity contribution in [2.75, 3.05) is 5.32 Å². The van der Waals surface area contributed by atoms with Gasteiger partial charge in [0.05, 0.1) is 11.2 Å². The van der Waals surface area contributed by atoms with Crippen LogP contribution in [-0.2, 0) is 4.79 Å². The number of carbonyl (C=O) groups is 1. The van der Waals surface area contributed by atoms with E-state index in [0.717, 1.165) is 34.1 Å². The summed E-state index contributed by atoms with van der Waals surface area (Å²) in [4.78, 5) is 20.4. The van der Waals surface area contributed by atoms with E-state index in [1.165, 1.54) is 6.92 Å². The van der Waals surface area contributed by atoms with Gasteiger partial charge in [-0.05, 0) is 36.1 Å².